The number of hydrogen-bond donors (Lipinski definition) is 0. The summed E-state index contributed by atoms with van der Waals surface area (Å²) < 4.78 is 34.7. The Morgan fingerprint density at radius 1 is 1.00 bits per heavy atom. The SMILES string of the molecule is C[C@H]1CN([C@@H](CC2CCC(C)(C)CC2)C(=O)OC(C)(C)C)CCN1C(=O)[C@@H]1CN(C(C)(C)C)C[C@H]1c1ccc(F)cc1F. The number of halogens is 2. The van der Waals surface area contributed by atoms with Crippen molar-refractivity contribution in [3.63, 3.8) is 0 Å². The van der Waals surface area contributed by atoms with Gasteiger partial charge in [-0.2, -0.15) is 0 Å². The highest BCUT2D eigenvalue weighted by molar-refractivity contribution is 5.81. The zero-order chi connectivity index (χ0) is 31.9. The minimum Gasteiger partial charge on any atom is -0.459 e. The van der Waals surface area contributed by atoms with Crippen molar-refractivity contribution < 1.29 is 23.1 Å². The second-order valence-electron chi connectivity index (χ2n) is 16.2. The van der Waals surface area contributed by atoms with Gasteiger partial charge in [0.2, 0.25) is 5.91 Å². The van der Waals surface area contributed by atoms with Gasteiger partial charge in [-0.1, -0.05) is 19.9 Å². The van der Waals surface area contributed by atoms with Gasteiger partial charge in [0.1, 0.15) is 23.3 Å². The van der Waals surface area contributed by atoms with Crippen molar-refractivity contribution in [1.29, 1.82) is 0 Å². The van der Waals surface area contributed by atoms with Crippen molar-refractivity contribution in [1.82, 2.24) is 14.7 Å². The smallest absolute Gasteiger partial charge is 0.323 e. The maximum absolute atomic E-state index is 15.0. The van der Waals surface area contributed by atoms with Gasteiger partial charge in [0.25, 0.3) is 0 Å². The summed E-state index contributed by atoms with van der Waals surface area (Å²) in [7, 11) is 0. The first-order valence-corrected chi connectivity index (χ1v) is 16.3. The molecule has 2 aliphatic heterocycles. The third-order valence-corrected chi connectivity index (χ3v) is 10.0. The molecule has 3 aliphatic rings. The maximum atomic E-state index is 15.0. The average Bonchev–Trinajstić information content (AvgIpc) is 3.32. The molecular weight excluding hydrogens is 548 g/mol. The van der Waals surface area contributed by atoms with Gasteiger partial charge >= 0.3 is 5.97 Å². The maximum Gasteiger partial charge on any atom is 0.323 e. The van der Waals surface area contributed by atoms with Crippen LogP contribution in [0.3, 0.4) is 0 Å². The highest BCUT2D eigenvalue weighted by Crippen LogP contribution is 2.41. The normalized spacial score (nSPS) is 26.9. The fourth-order valence-electron chi connectivity index (χ4n) is 7.30. The molecule has 0 unspecified atom stereocenters. The van der Waals surface area contributed by atoms with Gasteiger partial charge < -0.3 is 9.64 Å². The molecule has 4 atom stereocenters. The first-order valence-electron chi connectivity index (χ1n) is 16.3. The van der Waals surface area contributed by atoms with Crippen molar-refractivity contribution in [2.24, 2.45) is 17.3 Å². The van der Waals surface area contributed by atoms with Gasteiger partial charge in [0, 0.05) is 56.3 Å². The van der Waals surface area contributed by atoms with Crippen LogP contribution in [0.4, 0.5) is 8.78 Å². The summed E-state index contributed by atoms with van der Waals surface area (Å²) in [6, 6.07) is 3.25. The van der Waals surface area contributed by atoms with E-state index in [1.807, 2.05) is 32.6 Å². The van der Waals surface area contributed by atoms with E-state index in [0.717, 1.165) is 25.3 Å². The largest absolute Gasteiger partial charge is 0.459 e. The molecule has 1 aromatic carbocycles. The van der Waals surface area contributed by atoms with Crippen LogP contribution in [0.15, 0.2) is 18.2 Å². The number of benzene rings is 1. The van der Waals surface area contributed by atoms with E-state index in [1.54, 1.807) is 0 Å². The lowest BCUT2D eigenvalue weighted by Gasteiger charge is -2.45. The molecule has 242 valence electrons. The molecule has 1 aliphatic carbocycles. The molecule has 3 fully saturated rings. The molecule has 6 nitrogen and oxygen atoms in total. The Morgan fingerprint density at radius 2 is 1.65 bits per heavy atom. The van der Waals surface area contributed by atoms with Crippen molar-refractivity contribution in [3.05, 3.63) is 35.4 Å². The lowest BCUT2D eigenvalue weighted by atomic mass is 9.71. The Labute approximate surface area is 258 Å². The Hall–Kier alpha value is -2.06. The predicted octanol–water partition coefficient (Wildman–Crippen LogP) is 6.63. The molecule has 0 aromatic heterocycles. The quantitative estimate of drug-likeness (QED) is 0.342. The van der Waals surface area contributed by atoms with Crippen LogP contribution in [0.25, 0.3) is 0 Å². The van der Waals surface area contributed by atoms with Gasteiger partial charge in [-0.05, 0) is 104 Å². The van der Waals surface area contributed by atoms with E-state index < -0.39 is 23.2 Å². The first kappa shape index (κ1) is 33.8. The lowest BCUT2D eigenvalue weighted by molar-refractivity contribution is -0.164. The van der Waals surface area contributed by atoms with E-state index in [2.05, 4.69) is 44.4 Å². The molecule has 0 bridgehead atoms. The van der Waals surface area contributed by atoms with Crippen LogP contribution in [0.5, 0.6) is 0 Å². The van der Waals surface area contributed by atoms with Gasteiger partial charge in [-0.15, -0.1) is 0 Å². The van der Waals surface area contributed by atoms with Crippen LogP contribution in [0.1, 0.15) is 106 Å². The van der Waals surface area contributed by atoms with Crippen LogP contribution < -0.4 is 0 Å². The molecule has 4 rings (SSSR count). The number of nitrogens with zero attached hydrogens (tertiary/aromatic N) is 3. The van der Waals surface area contributed by atoms with Crippen molar-refractivity contribution >= 4 is 11.9 Å². The lowest BCUT2D eigenvalue weighted by Crippen LogP contribution is -2.60. The number of ether oxygens (including phenoxy) is 1. The van der Waals surface area contributed by atoms with E-state index in [1.165, 1.54) is 25.0 Å². The van der Waals surface area contributed by atoms with Crippen LogP contribution in [0, 0.1) is 28.9 Å². The molecular formula is C35H55F2N3O3. The number of rotatable bonds is 6. The average molecular weight is 604 g/mol. The number of carbonyl (C=O) groups is 2. The van der Waals surface area contributed by atoms with Crippen LogP contribution >= 0.6 is 0 Å². The highest BCUT2D eigenvalue weighted by Gasteiger charge is 2.46. The molecule has 0 N–H and O–H groups in total. The fourth-order valence-corrected chi connectivity index (χ4v) is 7.30. The summed E-state index contributed by atoms with van der Waals surface area (Å²) in [6.07, 6.45) is 5.35. The van der Waals surface area contributed by atoms with Crippen LogP contribution in [-0.4, -0.2) is 82.5 Å². The Kier molecular flexibility index (Phi) is 10.0. The zero-order valence-electron chi connectivity index (χ0n) is 28.0. The first-order chi connectivity index (χ1) is 19.8. The Balaban J connectivity index is 1.51. The van der Waals surface area contributed by atoms with E-state index in [0.29, 0.717) is 49.6 Å². The van der Waals surface area contributed by atoms with E-state index in [4.69, 9.17) is 4.74 Å². The van der Waals surface area contributed by atoms with Crippen LogP contribution in [-0.2, 0) is 14.3 Å². The minimum atomic E-state index is -0.615. The second-order valence-corrected chi connectivity index (χ2v) is 16.2. The third kappa shape index (κ3) is 8.36. The molecule has 0 spiro atoms. The number of likely N-dealkylation sites (tertiary alicyclic amines) is 1. The van der Waals surface area contributed by atoms with Crippen molar-refractivity contribution in [2.45, 2.75) is 124 Å². The monoisotopic (exact) mass is 603 g/mol. The molecule has 2 saturated heterocycles. The molecule has 2 heterocycles. The standard InChI is InChI=1S/C35H55F2N3O3/c1-23-20-38(30(32(42)43-34(5,6)7)18-24-12-14-35(8,9)15-13-24)16-17-40(23)31(41)28-22-39(33(2,3)4)21-27(28)26-11-10-25(36)19-29(26)37/h10-11,19,23-24,27-28,30H,12-18,20-22H2,1-9H3/t23-,27-,28+,30-/m0/s1. The summed E-state index contributed by atoms with van der Waals surface area (Å²) in [5.41, 5.74) is -0.00312. The van der Waals surface area contributed by atoms with E-state index >= 15 is 4.39 Å². The zero-order valence-corrected chi connectivity index (χ0v) is 28.0. The van der Waals surface area contributed by atoms with Gasteiger partial charge in [-0.25, -0.2) is 8.78 Å². The second kappa shape index (κ2) is 12.7. The summed E-state index contributed by atoms with van der Waals surface area (Å²) in [5.74, 6) is -1.68. The number of amides is 1. The third-order valence-electron chi connectivity index (χ3n) is 10.0. The van der Waals surface area contributed by atoms with E-state index in [9.17, 15) is 14.0 Å². The summed E-state index contributed by atoms with van der Waals surface area (Å²) >= 11 is 0. The molecule has 43 heavy (non-hydrogen) atoms. The van der Waals surface area contributed by atoms with Gasteiger partial charge in [0.05, 0.1) is 5.92 Å². The number of carbonyl (C=O) groups excluding carboxylic acids is 2. The minimum absolute atomic E-state index is 0.0101. The Bertz CT molecular complexity index is 1150. The van der Waals surface area contributed by atoms with E-state index in [-0.39, 0.29) is 35.4 Å². The summed E-state index contributed by atoms with van der Waals surface area (Å²) in [5, 5.41) is 0. The fraction of sp³-hybridized carbons (Fsp3) is 0.771. The Morgan fingerprint density at radius 3 is 2.21 bits per heavy atom. The van der Waals surface area contributed by atoms with Gasteiger partial charge in [0.15, 0.2) is 0 Å². The van der Waals surface area contributed by atoms with Crippen molar-refractivity contribution in [2.75, 3.05) is 32.7 Å². The molecule has 1 saturated carbocycles. The van der Waals surface area contributed by atoms with Crippen LogP contribution in [0.2, 0.25) is 0 Å². The number of esters is 1. The molecule has 0 radical (unpaired) electrons. The predicted molar refractivity (Wildman–Crippen MR) is 167 cm³/mol. The molecule has 1 aromatic rings. The number of piperazine rings is 1. The molecule has 8 heteroatoms. The molecule has 1 amide bonds. The topological polar surface area (TPSA) is 53.1 Å². The van der Waals surface area contributed by atoms with Crippen molar-refractivity contribution in [3.8, 4) is 0 Å². The number of hydrogen-bond acceptors (Lipinski definition) is 5. The van der Waals surface area contributed by atoms with Gasteiger partial charge in [-0.3, -0.25) is 19.4 Å². The summed E-state index contributed by atoms with van der Waals surface area (Å²) in [4.78, 5) is 34.2. The highest BCUT2D eigenvalue weighted by atomic mass is 19.1. The summed E-state index contributed by atoms with van der Waals surface area (Å²) in [6.45, 7) is 21.5.